The molecular formula is C25H24BrClN2O4. The van der Waals surface area contributed by atoms with Gasteiger partial charge in [0.15, 0.2) is 11.5 Å². The number of amides is 1. The highest BCUT2D eigenvalue weighted by Gasteiger charge is 2.12. The molecule has 0 aromatic heterocycles. The number of hydrazone groups is 1. The van der Waals surface area contributed by atoms with Gasteiger partial charge in [-0.3, -0.25) is 4.79 Å². The lowest BCUT2D eigenvalue weighted by molar-refractivity contribution is 0.0955. The maximum atomic E-state index is 12.3. The van der Waals surface area contributed by atoms with Crippen molar-refractivity contribution in [2.24, 2.45) is 5.10 Å². The van der Waals surface area contributed by atoms with Crippen LogP contribution in [0, 0.1) is 0 Å². The first-order valence-corrected chi connectivity index (χ1v) is 11.5. The lowest BCUT2D eigenvalue weighted by Crippen LogP contribution is -2.17. The van der Waals surface area contributed by atoms with Crippen molar-refractivity contribution in [3.63, 3.8) is 0 Å². The summed E-state index contributed by atoms with van der Waals surface area (Å²) in [4.78, 5) is 12.3. The van der Waals surface area contributed by atoms with E-state index >= 15 is 0 Å². The summed E-state index contributed by atoms with van der Waals surface area (Å²) in [6, 6.07) is 18.0. The van der Waals surface area contributed by atoms with E-state index in [4.69, 9.17) is 25.8 Å². The fourth-order valence-electron chi connectivity index (χ4n) is 2.87. The highest BCUT2D eigenvalue weighted by molar-refractivity contribution is 9.10. The van der Waals surface area contributed by atoms with Crippen LogP contribution >= 0.6 is 27.5 Å². The van der Waals surface area contributed by atoms with Gasteiger partial charge in [-0.2, -0.15) is 5.10 Å². The van der Waals surface area contributed by atoms with Gasteiger partial charge in [0.25, 0.3) is 5.91 Å². The smallest absolute Gasteiger partial charge is 0.271 e. The van der Waals surface area contributed by atoms with Crippen molar-refractivity contribution in [1.82, 2.24) is 5.43 Å². The Morgan fingerprint density at radius 3 is 2.58 bits per heavy atom. The zero-order valence-corrected chi connectivity index (χ0v) is 20.7. The van der Waals surface area contributed by atoms with Gasteiger partial charge in [0, 0.05) is 16.1 Å². The van der Waals surface area contributed by atoms with Crippen LogP contribution in [0.15, 0.2) is 70.2 Å². The SMILES string of the molecule is CCCOc1ccc(C(=O)N/N=C/c2cc(Br)c(OCc3ccccc3Cl)c(OC)c2)cc1. The van der Waals surface area contributed by atoms with Gasteiger partial charge in [0.2, 0.25) is 0 Å². The summed E-state index contributed by atoms with van der Waals surface area (Å²) in [6.07, 6.45) is 2.45. The van der Waals surface area contributed by atoms with Crippen molar-refractivity contribution in [2.75, 3.05) is 13.7 Å². The molecule has 8 heteroatoms. The molecule has 1 N–H and O–H groups in total. The number of ether oxygens (including phenoxy) is 3. The van der Waals surface area contributed by atoms with Gasteiger partial charge in [-0.1, -0.05) is 36.7 Å². The molecule has 0 aliphatic rings. The average molecular weight is 532 g/mol. The van der Waals surface area contributed by atoms with E-state index in [1.807, 2.05) is 37.3 Å². The third kappa shape index (κ3) is 6.97. The van der Waals surface area contributed by atoms with Crippen LogP contribution in [0.25, 0.3) is 0 Å². The summed E-state index contributed by atoms with van der Waals surface area (Å²) < 4.78 is 17.6. The van der Waals surface area contributed by atoms with E-state index in [2.05, 4.69) is 26.5 Å². The fraction of sp³-hybridized carbons (Fsp3) is 0.200. The minimum absolute atomic E-state index is 0.292. The van der Waals surface area contributed by atoms with Gasteiger partial charge < -0.3 is 14.2 Å². The van der Waals surface area contributed by atoms with Crippen molar-refractivity contribution < 1.29 is 19.0 Å². The summed E-state index contributed by atoms with van der Waals surface area (Å²) in [6.45, 7) is 2.97. The lowest BCUT2D eigenvalue weighted by Gasteiger charge is -2.14. The number of carbonyl (C=O) groups is 1. The van der Waals surface area contributed by atoms with Gasteiger partial charge in [-0.15, -0.1) is 0 Å². The summed E-state index contributed by atoms with van der Waals surface area (Å²) in [5.41, 5.74) is 4.59. The Labute approximate surface area is 206 Å². The second kappa shape index (κ2) is 12.3. The first kappa shape index (κ1) is 24.6. The molecular weight excluding hydrogens is 508 g/mol. The predicted molar refractivity (Wildman–Crippen MR) is 134 cm³/mol. The largest absolute Gasteiger partial charge is 0.494 e. The topological polar surface area (TPSA) is 69.2 Å². The van der Waals surface area contributed by atoms with Crippen molar-refractivity contribution in [1.29, 1.82) is 0 Å². The summed E-state index contributed by atoms with van der Waals surface area (Å²) in [5.74, 6) is 1.47. The fourth-order valence-corrected chi connectivity index (χ4v) is 3.64. The van der Waals surface area contributed by atoms with Crippen molar-refractivity contribution in [2.45, 2.75) is 20.0 Å². The number of hydrogen-bond acceptors (Lipinski definition) is 5. The molecule has 33 heavy (non-hydrogen) atoms. The Hall–Kier alpha value is -3.03. The van der Waals surface area contributed by atoms with Crippen molar-refractivity contribution >= 4 is 39.7 Å². The molecule has 1 amide bonds. The Bertz CT molecular complexity index is 1120. The van der Waals surface area contributed by atoms with Gasteiger partial charge in [0.05, 0.1) is 24.4 Å². The Balaban J connectivity index is 1.64. The summed E-state index contributed by atoms with van der Waals surface area (Å²) in [7, 11) is 1.56. The molecule has 0 bridgehead atoms. The van der Waals surface area contributed by atoms with E-state index < -0.39 is 0 Å². The van der Waals surface area contributed by atoms with E-state index in [-0.39, 0.29) is 5.91 Å². The zero-order valence-electron chi connectivity index (χ0n) is 18.3. The third-order valence-corrected chi connectivity index (χ3v) is 5.51. The van der Waals surface area contributed by atoms with E-state index in [9.17, 15) is 4.79 Å². The molecule has 3 aromatic rings. The molecule has 172 valence electrons. The Morgan fingerprint density at radius 2 is 1.88 bits per heavy atom. The molecule has 0 spiro atoms. The maximum absolute atomic E-state index is 12.3. The number of benzene rings is 3. The van der Waals surface area contributed by atoms with Crippen LogP contribution in [-0.4, -0.2) is 25.8 Å². The van der Waals surface area contributed by atoms with E-state index in [0.29, 0.717) is 45.3 Å². The summed E-state index contributed by atoms with van der Waals surface area (Å²) >= 11 is 9.72. The monoisotopic (exact) mass is 530 g/mol. The van der Waals surface area contributed by atoms with Crippen LogP contribution in [0.1, 0.15) is 34.8 Å². The van der Waals surface area contributed by atoms with Gasteiger partial charge in [0.1, 0.15) is 12.4 Å². The number of halogens is 2. The van der Waals surface area contributed by atoms with Crippen LogP contribution in [0.5, 0.6) is 17.2 Å². The molecule has 0 aliphatic carbocycles. The molecule has 0 fully saturated rings. The molecule has 6 nitrogen and oxygen atoms in total. The normalized spacial score (nSPS) is 10.8. The number of nitrogens with zero attached hydrogens (tertiary/aromatic N) is 1. The van der Waals surface area contributed by atoms with Crippen LogP contribution in [-0.2, 0) is 6.61 Å². The first-order chi connectivity index (χ1) is 16.0. The second-order valence-corrected chi connectivity index (χ2v) is 8.25. The Kier molecular flexibility index (Phi) is 9.15. The molecule has 0 radical (unpaired) electrons. The van der Waals surface area contributed by atoms with E-state index in [0.717, 1.165) is 17.7 Å². The summed E-state index contributed by atoms with van der Waals surface area (Å²) in [5, 5.41) is 4.69. The highest BCUT2D eigenvalue weighted by atomic mass is 79.9. The molecule has 0 saturated heterocycles. The van der Waals surface area contributed by atoms with E-state index in [1.165, 1.54) is 6.21 Å². The highest BCUT2D eigenvalue weighted by Crippen LogP contribution is 2.37. The second-order valence-electron chi connectivity index (χ2n) is 6.99. The van der Waals surface area contributed by atoms with Gasteiger partial charge in [-0.05, 0) is 70.4 Å². The molecule has 0 atom stereocenters. The molecule has 3 aromatic carbocycles. The van der Waals surface area contributed by atoms with Gasteiger partial charge >= 0.3 is 0 Å². The van der Waals surface area contributed by atoms with Crippen LogP contribution in [0.4, 0.5) is 0 Å². The van der Waals surface area contributed by atoms with Crippen molar-refractivity contribution in [3.05, 3.63) is 86.8 Å². The zero-order chi connectivity index (χ0) is 23.6. The van der Waals surface area contributed by atoms with Crippen LogP contribution in [0.2, 0.25) is 5.02 Å². The lowest BCUT2D eigenvalue weighted by atomic mass is 10.2. The minimum atomic E-state index is -0.320. The predicted octanol–water partition coefficient (Wildman–Crippen LogP) is 6.24. The van der Waals surface area contributed by atoms with Crippen LogP contribution in [0.3, 0.4) is 0 Å². The van der Waals surface area contributed by atoms with Crippen molar-refractivity contribution in [3.8, 4) is 17.2 Å². The molecule has 0 unspecified atom stereocenters. The molecule has 0 saturated carbocycles. The number of nitrogens with one attached hydrogen (secondary N) is 1. The number of carbonyl (C=O) groups excluding carboxylic acids is 1. The van der Waals surface area contributed by atoms with E-state index in [1.54, 1.807) is 37.4 Å². The number of hydrogen-bond donors (Lipinski definition) is 1. The van der Waals surface area contributed by atoms with Crippen LogP contribution < -0.4 is 19.6 Å². The first-order valence-electron chi connectivity index (χ1n) is 10.3. The third-order valence-electron chi connectivity index (χ3n) is 4.55. The number of rotatable bonds is 10. The molecule has 3 rings (SSSR count). The maximum Gasteiger partial charge on any atom is 0.271 e. The quantitative estimate of drug-likeness (QED) is 0.248. The number of methoxy groups -OCH3 is 1. The minimum Gasteiger partial charge on any atom is -0.494 e. The molecule has 0 heterocycles. The standard InChI is InChI=1S/C25H24BrClN2O4/c1-3-12-32-20-10-8-18(9-11-20)25(30)29-28-15-17-13-21(26)24(23(14-17)31-2)33-16-19-6-4-5-7-22(19)27/h4-11,13-15H,3,12,16H2,1-2H3,(H,29,30)/b28-15+. The average Bonchev–Trinajstić information content (AvgIpc) is 2.83. The Morgan fingerprint density at radius 1 is 1.12 bits per heavy atom. The van der Waals surface area contributed by atoms with Gasteiger partial charge in [-0.25, -0.2) is 5.43 Å². The molecule has 0 aliphatic heterocycles.